The Bertz CT molecular complexity index is 870. The second kappa shape index (κ2) is 5.03. The van der Waals surface area contributed by atoms with E-state index in [1.807, 2.05) is 0 Å². The van der Waals surface area contributed by atoms with Gasteiger partial charge in [-0.1, -0.05) is 23.7 Å². The molecule has 0 aliphatic heterocycles. The summed E-state index contributed by atoms with van der Waals surface area (Å²) < 4.78 is 0. The summed E-state index contributed by atoms with van der Waals surface area (Å²) in [5, 5.41) is 11.8. The normalized spacial score (nSPS) is 10.7. The van der Waals surface area contributed by atoms with Crippen LogP contribution in [0, 0.1) is 10.1 Å². The van der Waals surface area contributed by atoms with Crippen molar-refractivity contribution >= 4 is 34.0 Å². The number of fused-ring (bicyclic) bond motifs is 1. The smallest absolute Gasteiger partial charge is 0.271 e. The van der Waals surface area contributed by atoms with Crippen molar-refractivity contribution in [3.8, 4) is 0 Å². The number of carbonyl (C=O) groups excluding carboxylic acids is 1. The third-order valence-corrected chi connectivity index (χ3v) is 3.57. The van der Waals surface area contributed by atoms with E-state index >= 15 is 0 Å². The molecular weight excluding hydrogens is 292 g/mol. The van der Waals surface area contributed by atoms with Crippen molar-refractivity contribution in [2.45, 2.75) is 0 Å². The molecule has 3 rings (SSSR count). The summed E-state index contributed by atoms with van der Waals surface area (Å²) in [6.45, 7) is 0. The summed E-state index contributed by atoms with van der Waals surface area (Å²) >= 11 is 6.03. The summed E-state index contributed by atoms with van der Waals surface area (Å²) in [6.07, 6.45) is 1.54. The average Bonchev–Trinajstić information content (AvgIpc) is 2.90. The van der Waals surface area contributed by atoms with E-state index in [-0.39, 0.29) is 11.5 Å². The number of carbonyl (C=O) groups is 1. The van der Waals surface area contributed by atoms with Gasteiger partial charge in [0.2, 0.25) is 0 Å². The van der Waals surface area contributed by atoms with Crippen LogP contribution in [0.3, 0.4) is 0 Å². The highest BCUT2D eigenvalue weighted by molar-refractivity contribution is 6.35. The van der Waals surface area contributed by atoms with Crippen LogP contribution in [0.4, 0.5) is 5.69 Å². The number of ketones is 1. The number of aromatic nitrogens is 1. The molecule has 3 aromatic rings. The number of hydrogen-bond acceptors (Lipinski definition) is 3. The molecule has 0 fully saturated rings. The Labute approximate surface area is 124 Å². The van der Waals surface area contributed by atoms with E-state index in [1.165, 1.54) is 12.1 Å². The van der Waals surface area contributed by atoms with Crippen molar-refractivity contribution in [2.75, 3.05) is 0 Å². The Hall–Kier alpha value is -2.66. The molecule has 0 saturated carbocycles. The minimum Gasteiger partial charge on any atom is -0.360 e. The van der Waals surface area contributed by atoms with Crippen molar-refractivity contribution in [3.05, 3.63) is 74.9 Å². The van der Waals surface area contributed by atoms with E-state index in [4.69, 9.17) is 11.6 Å². The van der Waals surface area contributed by atoms with Crippen molar-refractivity contribution < 1.29 is 9.72 Å². The number of nitro groups is 1. The SMILES string of the molecule is O=C(c1ccccc1Cl)c1c[nH]c2cc([N+](=O)[O-])ccc12. The fourth-order valence-corrected chi connectivity index (χ4v) is 2.43. The van der Waals surface area contributed by atoms with E-state index in [1.54, 1.807) is 36.5 Å². The maximum atomic E-state index is 12.5. The molecule has 1 aromatic heterocycles. The largest absolute Gasteiger partial charge is 0.360 e. The van der Waals surface area contributed by atoms with E-state index in [2.05, 4.69) is 4.98 Å². The molecule has 1 N–H and O–H groups in total. The van der Waals surface area contributed by atoms with Gasteiger partial charge in [0.05, 0.1) is 15.5 Å². The van der Waals surface area contributed by atoms with E-state index in [9.17, 15) is 14.9 Å². The zero-order chi connectivity index (χ0) is 15.0. The number of aromatic amines is 1. The number of halogens is 1. The third-order valence-electron chi connectivity index (χ3n) is 3.24. The molecule has 2 aromatic carbocycles. The zero-order valence-corrected chi connectivity index (χ0v) is 11.4. The van der Waals surface area contributed by atoms with Gasteiger partial charge in [-0.3, -0.25) is 14.9 Å². The van der Waals surface area contributed by atoms with Gasteiger partial charge < -0.3 is 4.98 Å². The lowest BCUT2D eigenvalue weighted by atomic mass is 10.0. The Kier molecular flexibility index (Phi) is 3.19. The predicted octanol–water partition coefficient (Wildman–Crippen LogP) is 3.96. The molecular formula is C15H9ClN2O3. The first-order chi connectivity index (χ1) is 10.1. The highest BCUT2D eigenvalue weighted by atomic mass is 35.5. The molecule has 1 heterocycles. The molecule has 6 heteroatoms. The van der Waals surface area contributed by atoms with Gasteiger partial charge in [-0.15, -0.1) is 0 Å². The molecule has 0 saturated heterocycles. The lowest BCUT2D eigenvalue weighted by molar-refractivity contribution is -0.384. The molecule has 5 nitrogen and oxygen atoms in total. The van der Waals surface area contributed by atoms with Crippen LogP contribution in [0.1, 0.15) is 15.9 Å². The van der Waals surface area contributed by atoms with Gasteiger partial charge in [0.1, 0.15) is 0 Å². The van der Waals surface area contributed by atoms with E-state index in [0.29, 0.717) is 27.1 Å². The van der Waals surface area contributed by atoms with Crippen LogP contribution >= 0.6 is 11.6 Å². The van der Waals surface area contributed by atoms with Gasteiger partial charge in [0.15, 0.2) is 5.78 Å². The van der Waals surface area contributed by atoms with Crippen molar-refractivity contribution in [3.63, 3.8) is 0 Å². The molecule has 0 unspecified atom stereocenters. The Morgan fingerprint density at radius 1 is 1.14 bits per heavy atom. The van der Waals surface area contributed by atoms with Gasteiger partial charge in [0.25, 0.3) is 5.69 Å². The van der Waals surface area contributed by atoms with Gasteiger partial charge in [-0.25, -0.2) is 0 Å². The quantitative estimate of drug-likeness (QED) is 0.452. The van der Waals surface area contributed by atoms with Crippen LogP contribution in [0.5, 0.6) is 0 Å². The average molecular weight is 301 g/mol. The number of hydrogen-bond donors (Lipinski definition) is 1. The molecule has 0 bridgehead atoms. The molecule has 0 spiro atoms. The fraction of sp³-hybridized carbons (Fsp3) is 0. The Morgan fingerprint density at radius 3 is 2.62 bits per heavy atom. The van der Waals surface area contributed by atoms with E-state index in [0.717, 1.165) is 0 Å². The number of benzene rings is 2. The monoisotopic (exact) mass is 300 g/mol. The molecule has 0 amide bonds. The number of nitrogens with zero attached hydrogens (tertiary/aromatic N) is 1. The molecule has 0 aliphatic rings. The van der Waals surface area contributed by atoms with Crippen molar-refractivity contribution in [2.24, 2.45) is 0 Å². The lowest BCUT2D eigenvalue weighted by Gasteiger charge is -2.02. The van der Waals surface area contributed by atoms with Crippen LogP contribution < -0.4 is 0 Å². The Morgan fingerprint density at radius 2 is 1.90 bits per heavy atom. The first-order valence-corrected chi connectivity index (χ1v) is 6.50. The number of rotatable bonds is 3. The molecule has 21 heavy (non-hydrogen) atoms. The summed E-state index contributed by atoms with van der Waals surface area (Å²) in [5.74, 6) is -0.222. The maximum Gasteiger partial charge on any atom is 0.271 e. The van der Waals surface area contributed by atoms with Crippen LogP contribution in [0.15, 0.2) is 48.7 Å². The summed E-state index contributed by atoms with van der Waals surface area (Å²) in [7, 11) is 0. The van der Waals surface area contributed by atoms with Gasteiger partial charge in [-0.05, 0) is 18.2 Å². The molecule has 0 atom stereocenters. The van der Waals surface area contributed by atoms with E-state index < -0.39 is 4.92 Å². The van der Waals surface area contributed by atoms with Crippen molar-refractivity contribution in [1.29, 1.82) is 0 Å². The summed E-state index contributed by atoms with van der Waals surface area (Å²) in [4.78, 5) is 25.7. The first-order valence-electron chi connectivity index (χ1n) is 6.12. The van der Waals surface area contributed by atoms with Crippen molar-refractivity contribution in [1.82, 2.24) is 4.98 Å². The maximum absolute atomic E-state index is 12.5. The molecule has 104 valence electrons. The number of H-pyrrole nitrogens is 1. The second-order valence-corrected chi connectivity index (χ2v) is 4.91. The van der Waals surface area contributed by atoms with Gasteiger partial charge >= 0.3 is 0 Å². The number of nitrogens with one attached hydrogen (secondary N) is 1. The third kappa shape index (κ3) is 2.28. The van der Waals surface area contributed by atoms with Crippen LogP contribution in [0.2, 0.25) is 5.02 Å². The fourth-order valence-electron chi connectivity index (χ4n) is 2.21. The summed E-state index contributed by atoms with van der Waals surface area (Å²) in [6, 6.07) is 11.1. The number of nitro benzene ring substituents is 1. The minimum absolute atomic E-state index is 0.0268. The van der Waals surface area contributed by atoms with Crippen LogP contribution in [-0.4, -0.2) is 15.7 Å². The zero-order valence-electron chi connectivity index (χ0n) is 10.7. The topological polar surface area (TPSA) is 76.0 Å². The highest BCUT2D eigenvalue weighted by Gasteiger charge is 2.18. The summed E-state index contributed by atoms with van der Waals surface area (Å²) in [5.41, 5.74) is 1.35. The standard InChI is InChI=1S/C15H9ClN2O3/c16-13-4-2-1-3-11(13)15(19)12-8-17-14-7-9(18(20)21)5-6-10(12)14/h1-8,17H. The lowest BCUT2D eigenvalue weighted by Crippen LogP contribution is -2.01. The number of non-ortho nitro benzene ring substituents is 1. The minimum atomic E-state index is -0.476. The second-order valence-electron chi connectivity index (χ2n) is 4.50. The first kappa shape index (κ1) is 13.3. The van der Waals surface area contributed by atoms with Gasteiger partial charge in [0, 0.05) is 34.8 Å². The predicted molar refractivity (Wildman–Crippen MR) is 79.8 cm³/mol. The Balaban J connectivity index is 2.11. The molecule has 0 aliphatic carbocycles. The van der Waals surface area contributed by atoms with Crippen LogP contribution in [0.25, 0.3) is 10.9 Å². The highest BCUT2D eigenvalue weighted by Crippen LogP contribution is 2.27. The van der Waals surface area contributed by atoms with Gasteiger partial charge in [-0.2, -0.15) is 0 Å². The van der Waals surface area contributed by atoms with Crippen LogP contribution in [-0.2, 0) is 0 Å². The molecule has 0 radical (unpaired) electrons.